The molecule has 1 aromatic carbocycles. The molecule has 1 aromatic rings. The van der Waals surface area contributed by atoms with Gasteiger partial charge in [-0.2, -0.15) is 0 Å². The molecule has 3 N–H and O–H groups in total. The molecule has 6 aliphatic rings. The van der Waals surface area contributed by atoms with Crippen LogP contribution in [0.15, 0.2) is 30.3 Å². The molecule has 1 aliphatic heterocycles. The Morgan fingerprint density at radius 3 is 1.92 bits per heavy atom. The number of piperidine rings is 1. The number of hydrogen-bond donors (Lipinski definition) is 3. The number of rotatable bonds is 25. The summed E-state index contributed by atoms with van der Waals surface area (Å²) in [5.74, 6) is -3.48. The van der Waals surface area contributed by atoms with E-state index in [1.54, 1.807) is 45.6 Å². The van der Waals surface area contributed by atoms with Gasteiger partial charge in [0.05, 0.1) is 30.5 Å². The van der Waals surface area contributed by atoms with Crippen molar-refractivity contribution in [2.45, 2.75) is 183 Å². The second-order valence-electron chi connectivity index (χ2n) is 20.2. The molecule has 5 saturated carbocycles. The zero-order chi connectivity index (χ0) is 44.3. The van der Waals surface area contributed by atoms with Gasteiger partial charge in [-0.05, 0) is 37.9 Å². The summed E-state index contributed by atoms with van der Waals surface area (Å²) in [4.78, 5) is 30.8. The largest absolute Gasteiger partial charge is 0.455 e. The molecule has 0 aromatic heterocycles. The average Bonchev–Trinajstić information content (AvgIpc) is 3.66. The van der Waals surface area contributed by atoms with Gasteiger partial charge in [0.25, 0.3) is 0 Å². The van der Waals surface area contributed by atoms with Crippen LogP contribution in [0.3, 0.4) is 0 Å². The number of methoxy groups -OCH3 is 4. The zero-order valence-electron chi connectivity index (χ0n) is 38.6. The van der Waals surface area contributed by atoms with Crippen LogP contribution in [-0.4, -0.2) is 135 Å². The van der Waals surface area contributed by atoms with E-state index in [0.29, 0.717) is 24.9 Å². The highest BCUT2D eigenvalue weighted by atomic mass is 16.6. The minimum Gasteiger partial charge on any atom is -0.455 e. The number of esters is 2. The number of carbonyl (C=O) groups is 2. The molecule has 7 rings (SSSR count). The average molecular weight is 870 g/mol. The first-order valence-corrected chi connectivity index (χ1v) is 24.3. The van der Waals surface area contributed by atoms with E-state index in [0.717, 1.165) is 19.3 Å². The molecule has 350 valence electrons. The molecule has 0 amide bonds. The molecule has 0 radical (unpaired) electrons. The fourth-order valence-corrected chi connectivity index (χ4v) is 15.0. The van der Waals surface area contributed by atoms with Crippen molar-refractivity contribution in [2.24, 2.45) is 34.5 Å². The molecule has 12 heteroatoms. The van der Waals surface area contributed by atoms with Gasteiger partial charge >= 0.3 is 11.9 Å². The SMILES string of the molecule is CCCCCCCCCCCCCCCCCCC(=O)O[C@]12[C@H]3[C@@H](OC(=O)c4ccccc4)[C@@](O)(C[C@H]3[C@@]34[C@@H](OC)C[C@@H](O)[C@@]5(COC)CN(C)[C@@H]3[C@@H]1[C@H](OC)[C@H]54)[C@@H](OC)[C@@H]2O. The number of aliphatic hydroxyl groups is 3. The molecular weight excluding hydrogens is 791 g/mol. The summed E-state index contributed by atoms with van der Waals surface area (Å²) in [6, 6.07) is 8.30. The second-order valence-corrected chi connectivity index (χ2v) is 20.2. The summed E-state index contributed by atoms with van der Waals surface area (Å²) in [6.45, 7) is 2.98. The van der Waals surface area contributed by atoms with Crippen molar-refractivity contribution in [2.75, 3.05) is 48.6 Å². The maximum absolute atomic E-state index is 14.5. The van der Waals surface area contributed by atoms with Crippen LogP contribution in [0.25, 0.3) is 0 Å². The first-order chi connectivity index (χ1) is 30.0. The van der Waals surface area contributed by atoms with Gasteiger partial charge in [0.15, 0.2) is 5.60 Å². The van der Waals surface area contributed by atoms with Crippen LogP contribution in [0.4, 0.5) is 0 Å². The maximum Gasteiger partial charge on any atom is 0.338 e. The summed E-state index contributed by atoms with van der Waals surface area (Å²) >= 11 is 0. The minimum atomic E-state index is -1.84. The standard InChI is InChI=1S/C50H79NO11/c1-7-8-9-10-11-12-13-14-15-16-17-18-19-20-21-25-28-37(53)62-50-38-34(30-48(56,45(60-6)43(50)54)44(38)61-46(55)33-26-23-22-24-27-33)49-36(58-4)29-35(52)47(32-57-3)31-51(2)42(49)39(50)40(59-5)41(47)49/h22-24,26-27,34-36,38-45,52,54,56H,7-21,25,28-32H2,1-6H3/t34-,35-,36+,38-,39+,40+,41-,42-,43+,44-,45+,47+,48+,49+,50-/m1/s1. The highest BCUT2D eigenvalue weighted by Crippen LogP contribution is 2.80. The topological polar surface area (TPSA) is 153 Å². The van der Waals surface area contributed by atoms with Crippen LogP contribution in [0, 0.1) is 34.5 Å². The summed E-state index contributed by atoms with van der Waals surface area (Å²) in [5.41, 5.74) is -4.83. The Labute approximate surface area is 371 Å². The zero-order valence-corrected chi connectivity index (χ0v) is 38.6. The van der Waals surface area contributed by atoms with E-state index in [1.165, 1.54) is 84.2 Å². The Balaban J connectivity index is 1.13. The van der Waals surface area contributed by atoms with E-state index in [9.17, 15) is 24.9 Å². The van der Waals surface area contributed by atoms with Gasteiger partial charge in [-0.1, -0.05) is 121 Å². The summed E-state index contributed by atoms with van der Waals surface area (Å²) in [7, 11) is 8.41. The van der Waals surface area contributed by atoms with Gasteiger partial charge in [-0.25, -0.2) is 4.79 Å². The van der Waals surface area contributed by atoms with Crippen LogP contribution in [0.5, 0.6) is 0 Å². The molecule has 1 saturated heterocycles. The Hall–Kier alpha value is -2.16. The van der Waals surface area contributed by atoms with Crippen molar-refractivity contribution in [1.82, 2.24) is 4.90 Å². The number of ether oxygens (including phenoxy) is 6. The van der Waals surface area contributed by atoms with Gasteiger partial charge in [0.2, 0.25) is 0 Å². The van der Waals surface area contributed by atoms with Crippen molar-refractivity contribution < 1.29 is 53.3 Å². The lowest BCUT2D eigenvalue weighted by molar-refractivity contribution is -0.321. The molecular formula is C50H79NO11. The molecule has 5 aliphatic carbocycles. The third-order valence-corrected chi connectivity index (χ3v) is 17.1. The van der Waals surface area contributed by atoms with E-state index < -0.39 is 88.3 Å². The lowest BCUT2D eigenvalue weighted by Crippen LogP contribution is -2.81. The van der Waals surface area contributed by atoms with Crippen molar-refractivity contribution in [3.8, 4) is 0 Å². The fraction of sp³-hybridized carbons (Fsp3) is 0.840. The third kappa shape index (κ3) is 7.79. The summed E-state index contributed by atoms with van der Waals surface area (Å²) in [5, 5.41) is 38.2. The molecule has 15 atom stereocenters. The first-order valence-electron chi connectivity index (χ1n) is 24.3. The van der Waals surface area contributed by atoms with Gasteiger partial charge in [-0.3, -0.25) is 4.79 Å². The predicted molar refractivity (Wildman–Crippen MR) is 234 cm³/mol. The van der Waals surface area contributed by atoms with Gasteiger partial charge < -0.3 is 48.6 Å². The molecule has 62 heavy (non-hydrogen) atoms. The number of hydrogen-bond acceptors (Lipinski definition) is 12. The number of nitrogens with zero attached hydrogens (tertiary/aromatic N) is 1. The van der Waals surface area contributed by atoms with Gasteiger partial charge in [0, 0.05) is 82.5 Å². The van der Waals surface area contributed by atoms with Crippen molar-refractivity contribution in [3.05, 3.63) is 35.9 Å². The molecule has 6 fully saturated rings. The number of unbranched alkanes of at least 4 members (excludes halogenated alkanes) is 15. The predicted octanol–water partition coefficient (Wildman–Crippen LogP) is 6.89. The first kappa shape index (κ1) is 47.8. The van der Waals surface area contributed by atoms with E-state index in [2.05, 4.69) is 11.8 Å². The quantitative estimate of drug-likeness (QED) is 0.0693. The van der Waals surface area contributed by atoms with Crippen LogP contribution in [0.2, 0.25) is 0 Å². The number of benzene rings is 1. The molecule has 1 heterocycles. The number of carbonyl (C=O) groups excluding carboxylic acids is 2. The Bertz CT molecular complexity index is 1630. The Kier molecular flexibility index (Phi) is 15.5. The lowest BCUT2D eigenvalue weighted by atomic mass is 9.42. The van der Waals surface area contributed by atoms with Gasteiger partial charge in [0.1, 0.15) is 23.9 Å². The van der Waals surface area contributed by atoms with Crippen LogP contribution in [-0.2, 0) is 33.2 Å². The van der Waals surface area contributed by atoms with Crippen molar-refractivity contribution in [3.63, 3.8) is 0 Å². The van der Waals surface area contributed by atoms with Crippen LogP contribution >= 0.6 is 0 Å². The fourth-order valence-electron chi connectivity index (χ4n) is 15.0. The number of fused-ring (bicyclic) bond motifs is 2. The molecule has 1 spiro atoms. The minimum absolute atomic E-state index is 0.0847. The van der Waals surface area contributed by atoms with E-state index in [4.69, 9.17) is 28.4 Å². The molecule has 0 unspecified atom stereocenters. The Morgan fingerprint density at radius 1 is 0.774 bits per heavy atom. The molecule has 12 nitrogen and oxygen atoms in total. The van der Waals surface area contributed by atoms with E-state index in [1.807, 2.05) is 13.1 Å². The number of likely N-dealkylation sites (tertiary alicyclic amines) is 1. The van der Waals surface area contributed by atoms with E-state index >= 15 is 0 Å². The second kappa shape index (κ2) is 20.1. The highest BCUT2D eigenvalue weighted by Gasteiger charge is 2.92. The van der Waals surface area contributed by atoms with E-state index in [-0.39, 0.29) is 31.4 Å². The Morgan fingerprint density at radius 2 is 1.37 bits per heavy atom. The number of aliphatic hydroxyl groups excluding tert-OH is 2. The lowest BCUT2D eigenvalue weighted by Gasteiger charge is -2.70. The maximum atomic E-state index is 14.5. The van der Waals surface area contributed by atoms with Crippen molar-refractivity contribution >= 4 is 11.9 Å². The highest BCUT2D eigenvalue weighted by molar-refractivity contribution is 5.89. The van der Waals surface area contributed by atoms with Crippen LogP contribution in [0.1, 0.15) is 139 Å². The summed E-state index contributed by atoms with van der Waals surface area (Å²) < 4.78 is 38.5. The molecule has 7 bridgehead atoms. The normalized spacial score (nSPS) is 40.1. The van der Waals surface area contributed by atoms with Gasteiger partial charge in [-0.15, -0.1) is 0 Å². The van der Waals surface area contributed by atoms with Crippen molar-refractivity contribution in [1.29, 1.82) is 0 Å². The smallest absolute Gasteiger partial charge is 0.338 e. The third-order valence-electron chi connectivity index (χ3n) is 17.1. The van der Waals surface area contributed by atoms with Crippen LogP contribution < -0.4 is 0 Å². The summed E-state index contributed by atoms with van der Waals surface area (Å²) in [6.07, 6.45) is 14.2. The monoisotopic (exact) mass is 870 g/mol.